The lowest BCUT2D eigenvalue weighted by Gasteiger charge is -2.30. The molecule has 0 aromatic rings. The molecule has 0 heterocycles. The van der Waals surface area contributed by atoms with E-state index in [1.807, 2.05) is 21.1 Å². The predicted octanol–water partition coefficient (Wildman–Crippen LogP) is 10.9. The maximum absolute atomic E-state index is 12.8. The average Bonchev–Trinajstić information content (AvgIpc) is 3.09. The van der Waals surface area contributed by atoms with Crippen LogP contribution in [0, 0.1) is 0 Å². The van der Waals surface area contributed by atoms with Crippen LogP contribution in [0.15, 0.2) is 36.5 Å². The molecule has 1 amide bonds. The number of aliphatic hydroxyl groups is 1. The molecule has 3 unspecified atom stereocenters. The summed E-state index contributed by atoms with van der Waals surface area (Å²) >= 11 is 0. The van der Waals surface area contributed by atoms with Crippen LogP contribution in [0.4, 0.5) is 0 Å². The second-order valence-electron chi connectivity index (χ2n) is 15.7. The molecule has 8 nitrogen and oxygen atoms in total. The number of phosphoric ester groups is 1. The zero-order valence-electron chi connectivity index (χ0n) is 34.5. The van der Waals surface area contributed by atoms with Crippen LogP contribution in [0.5, 0.6) is 0 Å². The molecular formula is C43H83N2O6P. The Morgan fingerprint density at radius 2 is 1.17 bits per heavy atom. The van der Waals surface area contributed by atoms with Crippen molar-refractivity contribution in [2.24, 2.45) is 0 Å². The van der Waals surface area contributed by atoms with Crippen molar-refractivity contribution >= 4 is 13.7 Å². The molecule has 0 aliphatic rings. The highest BCUT2D eigenvalue weighted by atomic mass is 31.2. The van der Waals surface area contributed by atoms with Crippen molar-refractivity contribution in [3.8, 4) is 0 Å². The maximum Gasteiger partial charge on any atom is 0.268 e. The molecule has 0 aromatic carbocycles. The van der Waals surface area contributed by atoms with E-state index in [-0.39, 0.29) is 19.1 Å². The van der Waals surface area contributed by atoms with Gasteiger partial charge in [-0.3, -0.25) is 9.36 Å². The molecule has 52 heavy (non-hydrogen) atoms. The largest absolute Gasteiger partial charge is 0.756 e. The van der Waals surface area contributed by atoms with Crippen LogP contribution < -0.4 is 10.2 Å². The first-order valence-corrected chi connectivity index (χ1v) is 22.8. The van der Waals surface area contributed by atoms with Crippen LogP contribution in [0.3, 0.4) is 0 Å². The van der Waals surface area contributed by atoms with E-state index in [0.29, 0.717) is 23.9 Å². The van der Waals surface area contributed by atoms with Gasteiger partial charge in [-0.25, -0.2) is 0 Å². The van der Waals surface area contributed by atoms with Gasteiger partial charge in [0.25, 0.3) is 7.82 Å². The van der Waals surface area contributed by atoms with Gasteiger partial charge in [0, 0.05) is 6.42 Å². The van der Waals surface area contributed by atoms with Crippen molar-refractivity contribution in [3.05, 3.63) is 36.5 Å². The Balaban J connectivity index is 4.43. The van der Waals surface area contributed by atoms with Crippen LogP contribution in [0.25, 0.3) is 0 Å². The number of unbranched alkanes of at least 4 members (excludes halogenated alkanes) is 19. The van der Waals surface area contributed by atoms with Crippen LogP contribution >= 0.6 is 7.82 Å². The van der Waals surface area contributed by atoms with E-state index in [1.165, 1.54) is 77.0 Å². The summed E-state index contributed by atoms with van der Waals surface area (Å²) < 4.78 is 23.2. The predicted molar refractivity (Wildman–Crippen MR) is 219 cm³/mol. The number of quaternary nitrogens is 1. The van der Waals surface area contributed by atoms with E-state index in [1.54, 1.807) is 0 Å². The lowest BCUT2D eigenvalue weighted by molar-refractivity contribution is -0.870. The number of rotatable bonds is 38. The van der Waals surface area contributed by atoms with Crippen LogP contribution in [0.2, 0.25) is 0 Å². The highest BCUT2D eigenvalue weighted by molar-refractivity contribution is 7.45. The topological polar surface area (TPSA) is 108 Å². The molecule has 3 atom stereocenters. The second kappa shape index (κ2) is 35.4. The second-order valence-corrected chi connectivity index (χ2v) is 17.1. The minimum absolute atomic E-state index is 0.00775. The van der Waals surface area contributed by atoms with Gasteiger partial charge in [-0.1, -0.05) is 166 Å². The quantitative estimate of drug-likeness (QED) is 0.0281. The number of amides is 1. The lowest BCUT2D eigenvalue weighted by Crippen LogP contribution is -2.46. The minimum Gasteiger partial charge on any atom is -0.756 e. The maximum atomic E-state index is 12.8. The SMILES string of the molecule is CC/C=C\C/C=C\C/C=C\CCCCCCCC(=O)NC(COP(=O)([O-])OCC[N+](C)(C)C)C(O)CCCCCCCCCCCCCCCCC. The zero-order chi connectivity index (χ0) is 38.6. The van der Waals surface area contributed by atoms with Crippen molar-refractivity contribution in [2.75, 3.05) is 40.9 Å². The summed E-state index contributed by atoms with van der Waals surface area (Å²) in [6, 6.07) is -0.808. The number of carbonyl (C=O) groups excluding carboxylic acids is 1. The van der Waals surface area contributed by atoms with E-state index in [0.717, 1.165) is 77.0 Å². The van der Waals surface area contributed by atoms with Gasteiger partial charge in [0.2, 0.25) is 5.91 Å². The fourth-order valence-electron chi connectivity index (χ4n) is 5.99. The van der Waals surface area contributed by atoms with Crippen LogP contribution in [0.1, 0.15) is 181 Å². The number of likely N-dealkylation sites (N-methyl/N-ethyl adjacent to an activating group) is 1. The van der Waals surface area contributed by atoms with Crippen molar-refractivity contribution in [1.29, 1.82) is 0 Å². The molecule has 0 aromatic heterocycles. The average molecular weight is 755 g/mol. The molecule has 0 saturated carbocycles. The van der Waals surface area contributed by atoms with Crippen molar-refractivity contribution in [1.82, 2.24) is 5.32 Å². The molecule has 0 radical (unpaired) electrons. The van der Waals surface area contributed by atoms with Crippen molar-refractivity contribution < 1.29 is 32.9 Å². The molecule has 0 rings (SSSR count). The molecule has 2 N–H and O–H groups in total. The zero-order valence-corrected chi connectivity index (χ0v) is 35.4. The van der Waals surface area contributed by atoms with Gasteiger partial charge in [-0.2, -0.15) is 0 Å². The third-order valence-electron chi connectivity index (χ3n) is 9.39. The van der Waals surface area contributed by atoms with E-state index >= 15 is 0 Å². The van der Waals surface area contributed by atoms with Crippen LogP contribution in [-0.4, -0.2) is 68.5 Å². The first-order valence-electron chi connectivity index (χ1n) is 21.3. The van der Waals surface area contributed by atoms with E-state index < -0.39 is 20.0 Å². The number of allylic oxidation sites excluding steroid dienone is 6. The number of nitrogens with one attached hydrogen (secondary N) is 1. The van der Waals surface area contributed by atoms with E-state index in [9.17, 15) is 19.4 Å². The number of hydrogen-bond acceptors (Lipinski definition) is 6. The Morgan fingerprint density at radius 3 is 1.71 bits per heavy atom. The lowest BCUT2D eigenvalue weighted by atomic mass is 10.0. The van der Waals surface area contributed by atoms with Gasteiger partial charge in [-0.05, 0) is 44.9 Å². The summed E-state index contributed by atoms with van der Waals surface area (Å²) in [5, 5.41) is 13.9. The molecule has 0 aliphatic carbocycles. The van der Waals surface area contributed by atoms with Gasteiger partial charge in [0.15, 0.2) is 0 Å². The summed E-state index contributed by atoms with van der Waals surface area (Å²) in [5.41, 5.74) is 0. The normalized spacial score (nSPS) is 14.8. The fraction of sp³-hybridized carbons (Fsp3) is 0.837. The summed E-state index contributed by atoms with van der Waals surface area (Å²) in [5.74, 6) is -0.183. The summed E-state index contributed by atoms with van der Waals surface area (Å²) in [6.45, 7) is 4.58. The number of aliphatic hydroxyl groups excluding tert-OH is 1. The van der Waals surface area contributed by atoms with Crippen molar-refractivity contribution in [2.45, 2.75) is 193 Å². The Kier molecular flexibility index (Phi) is 34.6. The van der Waals surface area contributed by atoms with Gasteiger partial charge in [-0.15, -0.1) is 0 Å². The van der Waals surface area contributed by atoms with Crippen LogP contribution in [-0.2, 0) is 18.4 Å². The summed E-state index contributed by atoms with van der Waals surface area (Å²) in [7, 11) is 1.29. The fourth-order valence-corrected chi connectivity index (χ4v) is 6.72. The molecule has 0 fully saturated rings. The third kappa shape index (κ3) is 37.1. The molecule has 0 spiro atoms. The monoisotopic (exact) mass is 755 g/mol. The van der Waals surface area contributed by atoms with Gasteiger partial charge in [0.05, 0.1) is 39.9 Å². The summed E-state index contributed by atoms with van der Waals surface area (Å²) in [4.78, 5) is 25.3. The number of hydrogen-bond donors (Lipinski definition) is 2. The van der Waals surface area contributed by atoms with Gasteiger partial charge in [0.1, 0.15) is 13.2 Å². The van der Waals surface area contributed by atoms with E-state index in [4.69, 9.17) is 9.05 Å². The standard InChI is InChI=1S/C43H83N2O6P/c1-6-8-10-12-14-16-18-20-22-24-26-28-30-32-34-36-42(46)41(40-51-52(48,49)50-39-38-45(3,4)5)44-43(47)37-35-33-31-29-27-25-23-21-19-17-15-13-11-9-7-2/h9,11,15,17,21,23,41-42,46H,6-8,10,12-14,16,18-20,22,24-40H2,1-5H3,(H-,44,47,48,49)/b11-9-,17-15-,23-21-. The van der Waals surface area contributed by atoms with E-state index in [2.05, 4.69) is 55.6 Å². The highest BCUT2D eigenvalue weighted by Gasteiger charge is 2.24. The number of carbonyl (C=O) groups is 1. The van der Waals surface area contributed by atoms with Crippen molar-refractivity contribution in [3.63, 3.8) is 0 Å². The van der Waals surface area contributed by atoms with Gasteiger partial charge < -0.3 is 28.8 Å². The Morgan fingerprint density at radius 1 is 0.692 bits per heavy atom. The molecule has 0 saturated heterocycles. The minimum atomic E-state index is -4.56. The molecule has 9 heteroatoms. The number of phosphoric acid groups is 1. The number of nitrogens with zero attached hydrogens (tertiary/aromatic N) is 1. The summed E-state index contributed by atoms with van der Waals surface area (Å²) in [6.07, 6.45) is 41.4. The Labute approximate surface area is 321 Å². The highest BCUT2D eigenvalue weighted by Crippen LogP contribution is 2.38. The molecular weight excluding hydrogens is 671 g/mol. The Bertz CT molecular complexity index is 948. The first kappa shape index (κ1) is 50.7. The smallest absolute Gasteiger partial charge is 0.268 e. The molecule has 306 valence electrons. The molecule has 0 aliphatic heterocycles. The Hall–Kier alpha value is -1.28. The first-order chi connectivity index (χ1) is 25.0. The third-order valence-corrected chi connectivity index (χ3v) is 10.4. The van der Waals surface area contributed by atoms with Gasteiger partial charge >= 0.3 is 0 Å². The molecule has 0 bridgehead atoms.